The van der Waals surface area contributed by atoms with Crippen molar-refractivity contribution in [2.75, 3.05) is 19.6 Å². The topological polar surface area (TPSA) is 58.4 Å². The summed E-state index contributed by atoms with van der Waals surface area (Å²) in [6, 6.07) is 10.9. The van der Waals surface area contributed by atoms with Gasteiger partial charge >= 0.3 is 0 Å². The van der Waals surface area contributed by atoms with E-state index in [9.17, 15) is 4.79 Å². The molecule has 6 heteroatoms. The van der Waals surface area contributed by atoms with Crippen molar-refractivity contribution in [3.05, 3.63) is 35.9 Å². The molecular weight excluding hydrogens is 369 g/mol. The minimum atomic E-state index is 0. The number of likely N-dealkylation sites (tertiary alicyclic amines) is 1. The second kappa shape index (κ2) is 9.41. The van der Waals surface area contributed by atoms with Crippen LogP contribution in [0.4, 0.5) is 0 Å². The normalized spacial score (nSPS) is 31.1. The first kappa shape index (κ1) is 21.5. The predicted molar refractivity (Wildman–Crippen MR) is 110 cm³/mol. The summed E-state index contributed by atoms with van der Waals surface area (Å²) in [6.07, 6.45) is 6.08. The minimum absolute atomic E-state index is 0. The van der Waals surface area contributed by atoms with Gasteiger partial charge in [0.2, 0.25) is 5.91 Å². The molecule has 4 rings (SSSR count). The summed E-state index contributed by atoms with van der Waals surface area (Å²) >= 11 is 0. The molecule has 3 aliphatic rings. The number of nitrogens with one attached hydrogen (secondary N) is 1. The van der Waals surface area contributed by atoms with Crippen molar-refractivity contribution in [2.45, 2.75) is 44.2 Å². The average molecular weight is 400 g/mol. The van der Waals surface area contributed by atoms with Crippen LogP contribution in [0.2, 0.25) is 0 Å². The van der Waals surface area contributed by atoms with Gasteiger partial charge in [0, 0.05) is 12.6 Å². The highest BCUT2D eigenvalue weighted by Crippen LogP contribution is 2.47. The zero-order valence-corrected chi connectivity index (χ0v) is 16.8. The molecule has 5 unspecified atom stereocenters. The Morgan fingerprint density at radius 2 is 1.77 bits per heavy atom. The summed E-state index contributed by atoms with van der Waals surface area (Å²) in [7, 11) is 0. The molecular formula is C20H31Cl2N3O. The molecule has 1 aromatic carbocycles. The number of amides is 1. The van der Waals surface area contributed by atoms with E-state index in [-0.39, 0.29) is 48.7 Å². The Balaban J connectivity index is 0.00000121. The first-order chi connectivity index (χ1) is 11.7. The third kappa shape index (κ3) is 4.19. The molecule has 1 heterocycles. The molecule has 0 radical (unpaired) electrons. The van der Waals surface area contributed by atoms with Crippen LogP contribution in [0.15, 0.2) is 30.3 Å². The first-order valence-corrected chi connectivity index (χ1v) is 9.56. The molecule has 5 atom stereocenters. The van der Waals surface area contributed by atoms with E-state index in [1.807, 2.05) is 0 Å². The fraction of sp³-hybridized carbons (Fsp3) is 0.650. The highest BCUT2D eigenvalue weighted by molar-refractivity contribution is 5.85. The summed E-state index contributed by atoms with van der Waals surface area (Å²) in [6.45, 7) is 2.95. The van der Waals surface area contributed by atoms with Gasteiger partial charge < -0.3 is 11.1 Å². The summed E-state index contributed by atoms with van der Waals surface area (Å²) in [5, 5.41) is 3.25. The van der Waals surface area contributed by atoms with E-state index in [0.717, 1.165) is 19.5 Å². The molecule has 1 aromatic rings. The van der Waals surface area contributed by atoms with Crippen molar-refractivity contribution in [2.24, 2.45) is 23.5 Å². The Bertz CT molecular complexity index is 578. The number of fused-ring (bicyclic) bond motifs is 2. The van der Waals surface area contributed by atoms with Crippen LogP contribution in [-0.4, -0.2) is 36.5 Å². The monoisotopic (exact) mass is 399 g/mol. The van der Waals surface area contributed by atoms with Crippen molar-refractivity contribution >= 4 is 30.7 Å². The first-order valence-electron chi connectivity index (χ1n) is 9.56. The minimum Gasteiger partial charge on any atom is -0.354 e. The van der Waals surface area contributed by atoms with Gasteiger partial charge in [-0.3, -0.25) is 9.69 Å². The lowest BCUT2D eigenvalue weighted by Gasteiger charge is -2.31. The van der Waals surface area contributed by atoms with E-state index >= 15 is 0 Å². The van der Waals surface area contributed by atoms with Crippen LogP contribution in [0.25, 0.3) is 0 Å². The second-order valence-corrected chi connectivity index (χ2v) is 7.85. The van der Waals surface area contributed by atoms with Crippen LogP contribution in [0.5, 0.6) is 0 Å². The Hall–Kier alpha value is -0.810. The largest absolute Gasteiger partial charge is 0.354 e. The molecule has 3 fully saturated rings. The molecule has 4 nitrogen and oxygen atoms in total. The smallest absolute Gasteiger partial charge is 0.225 e. The molecule has 146 valence electrons. The van der Waals surface area contributed by atoms with Crippen LogP contribution in [-0.2, 0) is 4.79 Å². The fourth-order valence-corrected chi connectivity index (χ4v) is 5.23. The molecule has 2 saturated carbocycles. The lowest BCUT2D eigenvalue weighted by Crippen LogP contribution is -2.47. The number of nitrogens with two attached hydrogens (primary N) is 1. The van der Waals surface area contributed by atoms with Crippen molar-refractivity contribution in [1.29, 1.82) is 0 Å². The molecule has 1 saturated heterocycles. The number of nitrogens with zero attached hydrogens (tertiary/aromatic N) is 1. The van der Waals surface area contributed by atoms with E-state index in [1.54, 1.807) is 0 Å². The maximum Gasteiger partial charge on any atom is 0.225 e. The van der Waals surface area contributed by atoms with Gasteiger partial charge in [0.1, 0.15) is 0 Å². The van der Waals surface area contributed by atoms with Gasteiger partial charge in [0.25, 0.3) is 0 Å². The third-order valence-electron chi connectivity index (χ3n) is 6.52. The van der Waals surface area contributed by atoms with Crippen LogP contribution in [0.3, 0.4) is 0 Å². The van der Waals surface area contributed by atoms with Gasteiger partial charge in [-0.1, -0.05) is 30.3 Å². The Morgan fingerprint density at radius 3 is 2.38 bits per heavy atom. The van der Waals surface area contributed by atoms with Crippen molar-refractivity contribution in [3.8, 4) is 0 Å². The summed E-state index contributed by atoms with van der Waals surface area (Å²) in [5.74, 6) is 1.33. The van der Waals surface area contributed by atoms with Gasteiger partial charge in [-0.2, -0.15) is 0 Å². The predicted octanol–water partition coefficient (Wildman–Crippen LogP) is 3.16. The number of carbonyl (C=O) groups is 1. The van der Waals surface area contributed by atoms with Gasteiger partial charge in [-0.05, 0) is 62.6 Å². The number of benzene rings is 1. The van der Waals surface area contributed by atoms with E-state index in [0.29, 0.717) is 18.4 Å². The van der Waals surface area contributed by atoms with Crippen molar-refractivity contribution < 1.29 is 4.79 Å². The summed E-state index contributed by atoms with van der Waals surface area (Å²) in [4.78, 5) is 15.3. The van der Waals surface area contributed by atoms with Gasteiger partial charge in [0.15, 0.2) is 0 Å². The standard InChI is InChI=1S/C20H29N3O.2ClH/c21-19-16-9-8-15(12-16)18(19)20(24)22-13-17(23-10-4-5-11-23)14-6-2-1-3-7-14;;/h1-3,6-7,15-19H,4-5,8-13,21H2,(H,22,24);2*1H. The number of halogens is 2. The van der Waals surface area contributed by atoms with E-state index in [1.165, 1.54) is 31.2 Å². The second-order valence-electron chi connectivity index (χ2n) is 7.85. The average Bonchev–Trinajstić information content (AvgIpc) is 3.33. The number of rotatable bonds is 5. The van der Waals surface area contributed by atoms with E-state index in [4.69, 9.17) is 5.73 Å². The summed E-state index contributed by atoms with van der Waals surface area (Å²) in [5.41, 5.74) is 7.64. The molecule has 0 aromatic heterocycles. The SMILES string of the molecule is Cl.Cl.NC1C2CCC(C2)C1C(=O)NCC(c1ccccc1)N1CCCC1. The van der Waals surface area contributed by atoms with Gasteiger partial charge in [0.05, 0.1) is 12.0 Å². The van der Waals surface area contributed by atoms with Crippen LogP contribution in [0, 0.1) is 17.8 Å². The maximum absolute atomic E-state index is 12.8. The Kier molecular flexibility index (Phi) is 7.77. The van der Waals surface area contributed by atoms with Crippen molar-refractivity contribution in [1.82, 2.24) is 10.2 Å². The number of hydrogen-bond donors (Lipinski definition) is 2. The Morgan fingerprint density at radius 1 is 1.12 bits per heavy atom. The van der Waals surface area contributed by atoms with Gasteiger partial charge in [-0.25, -0.2) is 0 Å². The maximum atomic E-state index is 12.8. The number of hydrogen-bond acceptors (Lipinski definition) is 3. The summed E-state index contributed by atoms with van der Waals surface area (Å²) < 4.78 is 0. The van der Waals surface area contributed by atoms with Crippen LogP contribution < -0.4 is 11.1 Å². The Labute approximate surface area is 169 Å². The van der Waals surface area contributed by atoms with Crippen molar-refractivity contribution in [3.63, 3.8) is 0 Å². The molecule has 2 aliphatic carbocycles. The van der Waals surface area contributed by atoms with Gasteiger partial charge in [-0.15, -0.1) is 24.8 Å². The van der Waals surface area contributed by atoms with E-state index in [2.05, 4.69) is 40.5 Å². The molecule has 2 bridgehead atoms. The van der Waals surface area contributed by atoms with Crippen LogP contribution in [0.1, 0.15) is 43.7 Å². The molecule has 1 amide bonds. The number of carbonyl (C=O) groups excluding carboxylic acids is 1. The molecule has 1 aliphatic heterocycles. The molecule has 26 heavy (non-hydrogen) atoms. The fourth-order valence-electron chi connectivity index (χ4n) is 5.23. The molecule has 3 N–H and O–H groups in total. The quantitative estimate of drug-likeness (QED) is 0.798. The van der Waals surface area contributed by atoms with E-state index < -0.39 is 0 Å². The molecule has 0 spiro atoms. The van der Waals surface area contributed by atoms with Crippen LogP contribution >= 0.6 is 24.8 Å². The highest BCUT2D eigenvalue weighted by Gasteiger charge is 2.49. The zero-order valence-electron chi connectivity index (χ0n) is 15.2. The zero-order chi connectivity index (χ0) is 16.5. The lowest BCUT2D eigenvalue weighted by molar-refractivity contribution is -0.127. The third-order valence-corrected chi connectivity index (χ3v) is 6.52. The lowest BCUT2D eigenvalue weighted by atomic mass is 9.84. The highest BCUT2D eigenvalue weighted by atomic mass is 35.5.